The van der Waals surface area contributed by atoms with Crippen LogP contribution in [0.2, 0.25) is 0 Å². The van der Waals surface area contributed by atoms with Crippen LogP contribution in [-0.2, 0) is 11.3 Å². The first-order valence-corrected chi connectivity index (χ1v) is 6.34. The lowest BCUT2D eigenvalue weighted by molar-refractivity contribution is 0.0167. The first-order valence-electron chi connectivity index (χ1n) is 6.34. The molecule has 0 spiro atoms. The summed E-state index contributed by atoms with van der Waals surface area (Å²) in [6, 6.07) is 3.72. The summed E-state index contributed by atoms with van der Waals surface area (Å²) in [6.45, 7) is 0.462. The highest BCUT2D eigenvalue weighted by atomic mass is 16.5. The lowest BCUT2D eigenvalue weighted by Crippen LogP contribution is -2.20. The average Bonchev–Trinajstić information content (AvgIpc) is 2.45. The zero-order valence-electron chi connectivity index (χ0n) is 10.4. The summed E-state index contributed by atoms with van der Waals surface area (Å²) in [7, 11) is 0. The maximum atomic E-state index is 8.71. The third-order valence-corrected chi connectivity index (χ3v) is 3.27. The molecule has 0 aromatic carbocycles. The van der Waals surface area contributed by atoms with Crippen LogP contribution in [-0.4, -0.2) is 22.1 Å². The van der Waals surface area contributed by atoms with Gasteiger partial charge in [-0.15, -0.1) is 0 Å². The van der Waals surface area contributed by atoms with Gasteiger partial charge in [0.25, 0.3) is 0 Å². The summed E-state index contributed by atoms with van der Waals surface area (Å²) in [5, 5.41) is 11.7. The molecule has 1 fully saturated rings. The maximum absolute atomic E-state index is 8.71. The SMILES string of the molecule is NC(=NO)c1ncccc1COC1CCCCC1. The molecule has 1 aliphatic carbocycles. The van der Waals surface area contributed by atoms with E-state index in [1.54, 1.807) is 6.20 Å². The molecular weight excluding hydrogens is 230 g/mol. The molecule has 0 aliphatic heterocycles. The molecule has 1 aromatic rings. The Hall–Kier alpha value is -1.62. The van der Waals surface area contributed by atoms with Gasteiger partial charge >= 0.3 is 0 Å². The van der Waals surface area contributed by atoms with E-state index < -0.39 is 0 Å². The fourth-order valence-corrected chi connectivity index (χ4v) is 2.27. The third kappa shape index (κ3) is 3.20. The second kappa shape index (κ2) is 6.35. The van der Waals surface area contributed by atoms with Crippen LogP contribution in [0.4, 0.5) is 0 Å². The molecule has 3 N–H and O–H groups in total. The normalized spacial score (nSPS) is 17.9. The van der Waals surface area contributed by atoms with Gasteiger partial charge in [-0.25, -0.2) is 0 Å². The molecule has 18 heavy (non-hydrogen) atoms. The van der Waals surface area contributed by atoms with Crippen molar-refractivity contribution in [2.75, 3.05) is 0 Å². The van der Waals surface area contributed by atoms with Gasteiger partial charge in [0.2, 0.25) is 0 Å². The Labute approximate surface area is 107 Å². The summed E-state index contributed by atoms with van der Waals surface area (Å²) in [5.41, 5.74) is 6.94. The second-order valence-corrected chi connectivity index (χ2v) is 4.57. The number of nitrogens with zero attached hydrogens (tertiary/aromatic N) is 2. The van der Waals surface area contributed by atoms with E-state index in [-0.39, 0.29) is 5.84 Å². The first-order chi connectivity index (χ1) is 8.81. The summed E-state index contributed by atoms with van der Waals surface area (Å²) in [5.74, 6) is 0.0258. The van der Waals surface area contributed by atoms with Gasteiger partial charge in [0.05, 0.1) is 12.7 Å². The predicted molar refractivity (Wildman–Crippen MR) is 68.4 cm³/mol. The van der Waals surface area contributed by atoms with Crippen LogP contribution in [0.25, 0.3) is 0 Å². The van der Waals surface area contributed by atoms with Gasteiger partial charge in [-0.2, -0.15) is 0 Å². The molecule has 1 aromatic heterocycles. The lowest BCUT2D eigenvalue weighted by Gasteiger charge is -2.22. The Balaban J connectivity index is 2.00. The smallest absolute Gasteiger partial charge is 0.189 e. The summed E-state index contributed by atoms with van der Waals surface area (Å²) in [4.78, 5) is 4.12. The van der Waals surface area contributed by atoms with Crippen molar-refractivity contribution in [1.29, 1.82) is 0 Å². The summed E-state index contributed by atoms with van der Waals surface area (Å²) < 4.78 is 5.87. The molecule has 0 amide bonds. The van der Waals surface area contributed by atoms with Crippen LogP contribution in [0.1, 0.15) is 43.4 Å². The van der Waals surface area contributed by atoms with E-state index in [4.69, 9.17) is 15.7 Å². The molecule has 0 saturated heterocycles. The van der Waals surface area contributed by atoms with Crippen molar-refractivity contribution in [3.05, 3.63) is 29.6 Å². The van der Waals surface area contributed by atoms with Crippen LogP contribution >= 0.6 is 0 Å². The predicted octanol–water partition coefficient (Wildman–Crippen LogP) is 2.03. The highest BCUT2D eigenvalue weighted by Gasteiger charge is 2.15. The molecular formula is C13H19N3O2. The van der Waals surface area contributed by atoms with Crippen LogP contribution < -0.4 is 5.73 Å². The molecule has 1 heterocycles. The number of rotatable bonds is 4. The maximum Gasteiger partial charge on any atom is 0.189 e. The van der Waals surface area contributed by atoms with Crippen molar-refractivity contribution < 1.29 is 9.94 Å². The topological polar surface area (TPSA) is 80.7 Å². The van der Waals surface area contributed by atoms with E-state index in [1.807, 2.05) is 12.1 Å². The van der Waals surface area contributed by atoms with Crippen molar-refractivity contribution in [3.8, 4) is 0 Å². The van der Waals surface area contributed by atoms with Gasteiger partial charge < -0.3 is 15.7 Å². The molecule has 1 saturated carbocycles. The van der Waals surface area contributed by atoms with E-state index in [0.717, 1.165) is 18.4 Å². The van der Waals surface area contributed by atoms with Crippen molar-refractivity contribution in [2.45, 2.75) is 44.8 Å². The van der Waals surface area contributed by atoms with Crippen molar-refractivity contribution >= 4 is 5.84 Å². The van der Waals surface area contributed by atoms with Crippen LogP contribution in [0.3, 0.4) is 0 Å². The summed E-state index contributed by atoms with van der Waals surface area (Å²) >= 11 is 0. The van der Waals surface area contributed by atoms with E-state index in [0.29, 0.717) is 18.4 Å². The minimum Gasteiger partial charge on any atom is -0.409 e. The Kier molecular flexibility index (Phi) is 4.52. The minimum atomic E-state index is 0.0258. The van der Waals surface area contributed by atoms with Crippen LogP contribution in [0, 0.1) is 0 Å². The monoisotopic (exact) mass is 249 g/mol. The number of pyridine rings is 1. The number of hydrogen-bond donors (Lipinski definition) is 2. The van der Waals surface area contributed by atoms with E-state index in [2.05, 4.69) is 10.1 Å². The van der Waals surface area contributed by atoms with E-state index in [9.17, 15) is 0 Å². The minimum absolute atomic E-state index is 0.0258. The molecule has 0 radical (unpaired) electrons. The van der Waals surface area contributed by atoms with Gasteiger partial charge in [-0.05, 0) is 18.9 Å². The fourth-order valence-electron chi connectivity index (χ4n) is 2.27. The highest BCUT2D eigenvalue weighted by Crippen LogP contribution is 2.21. The number of amidine groups is 1. The molecule has 5 nitrogen and oxygen atoms in total. The van der Waals surface area contributed by atoms with Crippen LogP contribution in [0.15, 0.2) is 23.5 Å². The Morgan fingerprint density at radius 2 is 2.22 bits per heavy atom. The Morgan fingerprint density at radius 1 is 1.44 bits per heavy atom. The Bertz CT molecular complexity index is 414. The van der Waals surface area contributed by atoms with E-state index in [1.165, 1.54) is 19.3 Å². The Morgan fingerprint density at radius 3 is 2.94 bits per heavy atom. The molecule has 0 bridgehead atoms. The molecule has 98 valence electrons. The number of aromatic nitrogens is 1. The van der Waals surface area contributed by atoms with E-state index >= 15 is 0 Å². The van der Waals surface area contributed by atoms with Crippen molar-refractivity contribution in [1.82, 2.24) is 4.98 Å². The molecule has 1 aliphatic rings. The van der Waals surface area contributed by atoms with Crippen molar-refractivity contribution in [3.63, 3.8) is 0 Å². The zero-order chi connectivity index (χ0) is 12.8. The fraction of sp³-hybridized carbons (Fsp3) is 0.538. The number of ether oxygens (including phenoxy) is 1. The summed E-state index contributed by atoms with van der Waals surface area (Å²) in [6.07, 6.45) is 7.99. The number of nitrogens with two attached hydrogens (primary N) is 1. The van der Waals surface area contributed by atoms with Gasteiger partial charge in [0.15, 0.2) is 5.84 Å². The van der Waals surface area contributed by atoms with Gasteiger partial charge in [0, 0.05) is 11.8 Å². The molecule has 0 atom stereocenters. The first kappa shape index (κ1) is 12.8. The molecule has 0 unspecified atom stereocenters. The number of oxime groups is 1. The van der Waals surface area contributed by atoms with Gasteiger partial charge in [0.1, 0.15) is 5.69 Å². The number of hydrogen-bond acceptors (Lipinski definition) is 4. The average molecular weight is 249 g/mol. The molecule has 2 rings (SSSR count). The zero-order valence-corrected chi connectivity index (χ0v) is 10.4. The third-order valence-electron chi connectivity index (χ3n) is 3.27. The van der Waals surface area contributed by atoms with Gasteiger partial charge in [-0.1, -0.05) is 30.5 Å². The van der Waals surface area contributed by atoms with Gasteiger partial charge in [-0.3, -0.25) is 4.98 Å². The van der Waals surface area contributed by atoms with Crippen LogP contribution in [0.5, 0.6) is 0 Å². The lowest BCUT2D eigenvalue weighted by atomic mass is 9.98. The quantitative estimate of drug-likeness (QED) is 0.370. The highest BCUT2D eigenvalue weighted by molar-refractivity contribution is 5.96. The largest absolute Gasteiger partial charge is 0.409 e. The van der Waals surface area contributed by atoms with Crippen molar-refractivity contribution in [2.24, 2.45) is 10.9 Å². The second-order valence-electron chi connectivity index (χ2n) is 4.57. The molecule has 5 heteroatoms. The standard InChI is InChI=1S/C13H19N3O2/c14-13(16-17)12-10(5-4-8-15-12)9-18-11-6-2-1-3-7-11/h4-5,8,11,17H,1-3,6-7,9H2,(H2,14,16).